The van der Waals surface area contributed by atoms with Gasteiger partial charge in [-0.15, -0.1) is 0 Å². The lowest BCUT2D eigenvalue weighted by Gasteiger charge is -2.08. The Balaban J connectivity index is 3.09. The van der Waals surface area contributed by atoms with Gasteiger partial charge < -0.3 is 0 Å². The van der Waals surface area contributed by atoms with Crippen molar-refractivity contribution in [1.82, 2.24) is 0 Å². The molecule has 1 radical (unpaired) electrons. The number of unbranched alkanes of at least 4 members (excludes halogenated alkanes) is 2. The smallest absolute Gasteiger partial charge is 0.0473 e. The zero-order valence-electron chi connectivity index (χ0n) is 7.74. The summed E-state index contributed by atoms with van der Waals surface area (Å²) in [6.07, 6.45) is 4.32. The van der Waals surface area contributed by atoms with E-state index < -0.39 is 0 Å². The largest absolute Gasteiger partial charge is 0.0680 e. The Kier molecular flexibility index (Phi) is 7.48. The molecule has 10 heavy (non-hydrogen) atoms. The maximum Gasteiger partial charge on any atom is 0.0473 e. The predicted octanol–water partition coefficient (Wildman–Crippen LogP) is 3.71. The topological polar surface area (TPSA) is 0 Å². The minimum absolute atomic E-state index is 0.104. The van der Waals surface area contributed by atoms with Crippen molar-refractivity contribution in [3.05, 3.63) is 0 Å². The lowest BCUT2D eigenvalue weighted by atomic mass is 10.3. The lowest BCUT2D eigenvalue weighted by Crippen LogP contribution is -2.07. The summed E-state index contributed by atoms with van der Waals surface area (Å²) in [4.78, 5) is 0. The van der Waals surface area contributed by atoms with Crippen molar-refractivity contribution < 1.29 is 0 Å². The van der Waals surface area contributed by atoms with E-state index in [0.29, 0.717) is 0 Å². The maximum absolute atomic E-state index is 2.35. The molecule has 61 valence electrons. The molecule has 0 saturated carbocycles. The Hall–Kier alpha value is 0.217. The third-order valence-electron chi connectivity index (χ3n) is 2.13. The van der Waals surface area contributed by atoms with Gasteiger partial charge in [0.2, 0.25) is 0 Å². The first-order valence-corrected chi connectivity index (χ1v) is 6.80. The van der Waals surface area contributed by atoms with Crippen LogP contribution in [-0.4, -0.2) is 8.80 Å². The van der Waals surface area contributed by atoms with Crippen LogP contribution in [0.15, 0.2) is 0 Å². The molecule has 0 amide bonds. The fourth-order valence-electron chi connectivity index (χ4n) is 1.23. The van der Waals surface area contributed by atoms with Crippen molar-refractivity contribution in [2.45, 2.75) is 58.2 Å². The van der Waals surface area contributed by atoms with Crippen LogP contribution >= 0.6 is 0 Å². The molecule has 1 heteroatoms. The molecule has 0 nitrogen and oxygen atoms in total. The molecule has 0 atom stereocenters. The van der Waals surface area contributed by atoms with E-state index in [9.17, 15) is 0 Å². The third-order valence-corrected chi connectivity index (χ3v) is 5.19. The van der Waals surface area contributed by atoms with E-state index in [2.05, 4.69) is 20.8 Å². The Labute approximate surface area is 67.6 Å². The Morgan fingerprint density at radius 3 is 1.90 bits per heavy atom. The molecular weight excluding hydrogens is 136 g/mol. The lowest BCUT2D eigenvalue weighted by molar-refractivity contribution is 0.763. The molecule has 0 N–H and O–H groups in total. The highest BCUT2D eigenvalue weighted by atomic mass is 28.3. The quantitative estimate of drug-likeness (QED) is 0.407. The maximum atomic E-state index is 2.35. The van der Waals surface area contributed by atoms with E-state index in [1.165, 1.54) is 31.4 Å². The first kappa shape index (κ1) is 10.2. The molecule has 0 spiro atoms. The van der Waals surface area contributed by atoms with Crippen LogP contribution in [0.25, 0.3) is 0 Å². The molecular formula is C9H21Si. The average Bonchev–Trinajstić information content (AvgIpc) is 1.99. The molecule has 0 saturated heterocycles. The SMILES string of the molecule is CCCCC[Si](CC)CC. The third kappa shape index (κ3) is 5.04. The van der Waals surface area contributed by atoms with Crippen molar-refractivity contribution >= 4 is 8.80 Å². The van der Waals surface area contributed by atoms with E-state index in [1.54, 1.807) is 6.04 Å². The fraction of sp³-hybridized carbons (Fsp3) is 1.00. The highest BCUT2D eigenvalue weighted by Gasteiger charge is 2.03. The molecule has 0 rings (SSSR count). The minimum atomic E-state index is 0.104. The van der Waals surface area contributed by atoms with Gasteiger partial charge >= 0.3 is 0 Å². The number of hydrogen-bond acceptors (Lipinski definition) is 0. The van der Waals surface area contributed by atoms with Crippen LogP contribution in [-0.2, 0) is 0 Å². The van der Waals surface area contributed by atoms with Gasteiger partial charge in [-0.2, -0.15) is 0 Å². The summed E-state index contributed by atoms with van der Waals surface area (Å²) in [6.45, 7) is 6.98. The van der Waals surface area contributed by atoms with Crippen molar-refractivity contribution in [2.24, 2.45) is 0 Å². The van der Waals surface area contributed by atoms with Crippen LogP contribution in [0.5, 0.6) is 0 Å². The molecule has 0 aromatic heterocycles. The molecule has 0 aromatic rings. The van der Waals surface area contributed by atoms with E-state index in [4.69, 9.17) is 0 Å². The van der Waals surface area contributed by atoms with Gasteiger partial charge in [-0.25, -0.2) is 0 Å². The van der Waals surface area contributed by atoms with Crippen LogP contribution in [0.1, 0.15) is 40.0 Å². The molecule has 0 bridgehead atoms. The van der Waals surface area contributed by atoms with Crippen molar-refractivity contribution in [1.29, 1.82) is 0 Å². The van der Waals surface area contributed by atoms with Crippen LogP contribution in [0, 0.1) is 0 Å². The summed E-state index contributed by atoms with van der Waals surface area (Å²) in [5, 5.41) is 0. The second-order valence-electron chi connectivity index (χ2n) is 2.91. The monoisotopic (exact) mass is 157 g/mol. The second-order valence-corrected chi connectivity index (χ2v) is 6.33. The Bertz CT molecular complexity index is 57.7. The fourth-order valence-corrected chi connectivity index (χ4v) is 3.19. The van der Waals surface area contributed by atoms with Crippen LogP contribution in [0.4, 0.5) is 0 Å². The van der Waals surface area contributed by atoms with Crippen molar-refractivity contribution in [3.8, 4) is 0 Å². The molecule has 0 aromatic carbocycles. The van der Waals surface area contributed by atoms with Gasteiger partial charge in [0.05, 0.1) is 0 Å². The number of rotatable bonds is 6. The van der Waals surface area contributed by atoms with Crippen molar-refractivity contribution in [2.75, 3.05) is 0 Å². The van der Waals surface area contributed by atoms with E-state index >= 15 is 0 Å². The first-order valence-electron chi connectivity index (χ1n) is 4.68. The molecule has 0 aliphatic heterocycles. The van der Waals surface area contributed by atoms with Crippen LogP contribution in [0.3, 0.4) is 0 Å². The molecule has 0 heterocycles. The summed E-state index contributed by atoms with van der Waals surface area (Å²) < 4.78 is 0. The average molecular weight is 157 g/mol. The van der Waals surface area contributed by atoms with Crippen molar-refractivity contribution in [3.63, 3.8) is 0 Å². The standard InChI is InChI=1S/C9H21Si/c1-4-7-8-9-10(5-2)6-3/h4-9H2,1-3H3. The summed E-state index contributed by atoms with van der Waals surface area (Å²) in [7, 11) is 0.104. The van der Waals surface area contributed by atoms with Gasteiger partial charge in [0.1, 0.15) is 0 Å². The molecule has 0 aliphatic rings. The van der Waals surface area contributed by atoms with Crippen LogP contribution < -0.4 is 0 Å². The highest BCUT2D eigenvalue weighted by molar-refractivity contribution is 6.58. The van der Waals surface area contributed by atoms with Gasteiger partial charge in [0.15, 0.2) is 0 Å². The molecule has 0 unspecified atom stereocenters. The van der Waals surface area contributed by atoms with Gasteiger partial charge in [-0.3, -0.25) is 0 Å². The number of hydrogen-bond donors (Lipinski definition) is 0. The minimum Gasteiger partial charge on any atom is -0.0680 e. The zero-order valence-corrected chi connectivity index (χ0v) is 8.74. The Morgan fingerprint density at radius 2 is 1.50 bits per heavy atom. The van der Waals surface area contributed by atoms with Gasteiger partial charge in [-0.05, 0) is 0 Å². The molecule has 0 aliphatic carbocycles. The summed E-state index contributed by atoms with van der Waals surface area (Å²) in [5.41, 5.74) is 0. The van der Waals surface area contributed by atoms with Gasteiger partial charge in [0, 0.05) is 8.80 Å². The summed E-state index contributed by atoms with van der Waals surface area (Å²) >= 11 is 0. The predicted molar refractivity (Wildman–Crippen MR) is 51.0 cm³/mol. The normalized spacial score (nSPS) is 10.8. The summed E-state index contributed by atoms with van der Waals surface area (Å²) in [5.74, 6) is 0. The Morgan fingerprint density at radius 1 is 0.900 bits per heavy atom. The van der Waals surface area contributed by atoms with Gasteiger partial charge in [0.25, 0.3) is 0 Å². The highest BCUT2D eigenvalue weighted by Crippen LogP contribution is 2.10. The van der Waals surface area contributed by atoms with E-state index in [1.807, 2.05) is 0 Å². The zero-order chi connectivity index (χ0) is 7.82. The van der Waals surface area contributed by atoms with E-state index in [-0.39, 0.29) is 8.80 Å². The molecule has 0 fully saturated rings. The second kappa shape index (κ2) is 7.33. The van der Waals surface area contributed by atoms with E-state index in [0.717, 1.165) is 0 Å². The summed E-state index contributed by atoms with van der Waals surface area (Å²) in [6, 6.07) is 4.52. The van der Waals surface area contributed by atoms with Gasteiger partial charge in [-0.1, -0.05) is 58.2 Å². The van der Waals surface area contributed by atoms with Crippen LogP contribution in [0.2, 0.25) is 18.1 Å². The first-order chi connectivity index (χ1) is 4.85.